The molecule has 1 amide bonds. The number of anilines is 1. The van der Waals surface area contributed by atoms with Crippen LogP contribution in [0.25, 0.3) is 10.9 Å². The summed E-state index contributed by atoms with van der Waals surface area (Å²) < 4.78 is 5.19. The maximum Gasteiger partial charge on any atom is 0.223 e. The highest BCUT2D eigenvalue weighted by atomic mass is 16.5. The van der Waals surface area contributed by atoms with E-state index in [2.05, 4.69) is 26.3 Å². The van der Waals surface area contributed by atoms with Crippen LogP contribution < -0.4 is 5.32 Å². The van der Waals surface area contributed by atoms with Crippen molar-refractivity contribution in [2.45, 2.75) is 44.2 Å². The van der Waals surface area contributed by atoms with Gasteiger partial charge in [-0.05, 0) is 43.9 Å². The highest BCUT2D eigenvalue weighted by Crippen LogP contribution is 2.28. The van der Waals surface area contributed by atoms with Crippen LogP contribution in [-0.4, -0.2) is 77.2 Å². The lowest BCUT2D eigenvalue weighted by Crippen LogP contribution is -2.53. The van der Waals surface area contributed by atoms with Crippen LogP contribution in [0.3, 0.4) is 0 Å². The predicted octanol–water partition coefficient (Wildman–Crippen LogP) is 2.41. The van der Waals surface area contributed by atoms with Crippen molar-refractivity contribution in [2.75, 3.05) is 44.7 Å². The van der Waals surface area contributed by atoms with E-state index in [9.17, 15) is 10.1 Å². The molecule has 1 saturated carbocycles. The maximum atomic E-state index is 12.4. The first-order chi connectivity index (χ1) is 15.7. The van der Waals surface area contributed by atoms with Crippen molar-refractivity contribution in [2.24, 2.45) is 5.92 Å². The summed E-state index contributed by atoms with van der Waals surface area (Å²) in [4.78, 5) is 25.8. The normalized spacial score (nSPS) is 24.7. The lowest BCUT2D eigenvalue weighted by atomic mass is 9.89. The number of ether oxygens (including phenoxy) is 1. The lowest BCUT2D eigenvalue weighted by Gasteiger charge is -2.42. The fourth-order valence-electron chi connectivity index (χ4n) is 5.13. The number of nitrogens with zero attached hydrogens (tertiary/aromatic N) is 5. The van der Waals surface area contributed by atoms with Gasteiger partial charge in [0.2, 0.25) is 5.91 Å². The zero-order valence-electron chi connectivity index (χ0n) is 18.4. The van der Waals surface area contributed by atoms with Crippen molar-refractivity contribution in [3.8, 4) is 6.07 Å². The summed E-state index contributed by atoms with van der Waals surface area (Å²) in [6, 6.07) is 8.70. The quantitative estimate of drug-likeness (QED) is 0.772. The molecule has 0 bridgehead atoms. The van der Waals surface area contributed by atoms with E-state index < -0.39 is 0 Å². The highest BCUT2D eigenvalue weighted by molar-refractivity contribution is 5.89. The fraction of sp³-hybridized carbons (Fsp3) is 0.583. The van der Waals surface area contributed by atoms with Crippen molar-refractivity contribution >= 4 is 22.6 Å². The monoisotopic (exact) mass is 434 g/mol. The maximum absolute atomic E-state index is 12.4. The summed E-state index contributed by atoms with van der Waals surface area (Å²) in [6.45, 7) is 5.13. The molecule has 1 aromatic carbocycles. The average molecular weight is 435 g/mol. The van der Waals surface area contributed by atoms with Gasteiger partial charge in [-0.25, -0.2) is 9.97 Å². The molecule has 3 aliphatic rings. The SMILES string of the molecule is N#Cc1ccc2ncnc(N[C@H]3CC[C@H](N4CCN(C(=O)CC5COC5)CC4)CC3)c2c1. The summed E-state index contributed by atoms with van der Waals surface area (Å²) >= 11 is 0. The van der Waals surface area contributed by atoms with Gasteiger partial charge in [0.25, 0.3) is 0 Å². The van der Waals surface area contributed by atoms with E-state index in [0.717, 1.165) is 81.8 Å². The number of hydrogen-bond donors (Lipinski definition) is 1. The van der Waals surface area contributed by atoms with E-state index in [4.69, 9.17) is 4.74 Å². The number of piperazine rings is 1. The minimum Gasteiger partial charge on any atom is -0.381 e. The van der Waals surface area contributed by atoms with Crippen molar-refractivity contribution in [1.29, 1.82) is 5.26 Å². The Balaban J connectivity index is 1.12. The molecule has 32 heavy (non-hydrogen) atoms. The first kappa shape index (κ1) is 21.1. The molecule has 2 aromatic rings. The second kappa shape index (κ2) is 9.39. The Morgan fingerprint density at radius 3 is 2.59 bits per heavy atom. The van der Waals surface area contributed by atoms with Crippen molar-refractivity contribution in [3.63, 3.8) is 0 Å². The summed E-state index contributed by atoms with van der Waals surface area (Å²) in [5.41, 5.74) is 1.48. The van der Waals surface area contributed by atoms with Gasteiger partial charge in [-0.3, -0.25) is 9.69 Å². The predicted molar refractivity (Wildman–Crippen MR) is 121 cm³/mol. The van der Waals surface area contributed by atoms with Gasteiger partial charge in [-0.15, -0.1) is 0 Å². The van der Waals surface area contributed by atoms with Crippen LogP contribution in [0.5, 0.6) is 0 Å². The average Bonchev–Trinajstić information content (AvgIpc) is 2.82. The Bertz CT molecular complexity index is 1000. The molecular formula is C24H30N6O2. The lowest BCUT2D eigenvalue weighted by molar-refractivity contribution is -0.138. The van der Waals surface area contributed by atoms with Crippen molar-refractivity contribution < 1.29 is 9.53 Å². The number of hydrogen-bond acceptors (Lipinski definition) is 7. The molecule has 0 spiro atoms. The molecule has 2 saturated heterocycles. The Kier molecular flexibility index (Phi) is 6.19. The number of carbonyl (C=O) groups is 1. The summed E-state index contributed by atoms with van der Waals surface area (Å²) in [5.74, 6) is 1.55. The second-order valence-electron chi connectivity index (χ2n) is 9.24. The van der Waals surface area contributed by atoms with Crippen LogP contribution in [0.4, 0.5) is 5.82 Å². The van der Waals surface area contributed by atoms with Gasteiger partial charge >= 0.3 is 0 Å². The number of rotatable bonds is 5. The van der Waals surface area contributed by atoms with E-state index in [-0.39, 0.29) is 0 Å². The smallest absolute Gasteiger partial charge is 0.223 e. The van der Waals surface area contributed by atoms with Crippen LogP contribution in [0, 0.1) is 17.2 Å². The molecule has 8 heteroatoms. The number of aromatic nitrogens is 2. The van der Waals surface area contributed by atoms with Gasteiger partial charge in [-0.2, -0.15) is 5.26 Å². The van der Waals surface area contributed by atoms with Gasteiger partial charge in [-0.1, -0.05) is 0 Å². The van der Waals surface area contributed by atoms with E-state index in [1.54, 1.807) is 12.4 Å². The Hall–Kier alpha value is -2.76. The zero-order valence-corrected chi connectivity index (χ0v) is 18.4. The Morgan fingerprint density at radius 1 is 1.12 bits per heavy atom. The van der Waals surface area contributed by atoms with Gasteiger partial charge < -0.3 is 15.0 Å². The minimum absolute atomic E-state index is 0.294. The van der Waals surface area contributed by atoms with E-state index in [0.29, 0.717) is 35.9 Å². The molecule has 0 radical (unpaired) electrons. The number of benzene rings is 1. The molecule has 3 fully saturated rings. The van der Waals surface area contributed by atoms with Crippen LogP contribution >= 0.6 is 0 Å². The topological polar surface area (TPSA) is 94.4 Å². The number of carbonyl (C=O) groups excluding carboxylic acids is 1. The molecule has 1 N–H and O–H groups in total. The fourth-order valence-corrected chi connectivity index (χ4v) is 5.13. The van der Waals surface area contributed by atoms with Crippen molar-refractivity contribution in [3.05, 3.63) is 30.1 Å². The zero-order chi connectivity index (χ0) is 21.9. The third-order valence-corrected chi connectivity index (χ3v) is 7.16. The molecule has 5 rings (SSSR count). The first-order valence-electron chi connectivity index (χ1n) is 11.7. The largest absolute Gasteiger partial charge is 0.381 e. The van der Waals surface area contributed by atoms with Crippen LogP contribution in [0.15, 0.2) is 24.5 Å². The van der Waals surface area contributed by atoms with Crippen LogP contribution in [-0.2, 0) is 9.53 Å². The molecule has 3 heterocycles. The number of nitriles is 1. The van der Waals surface area contributed by atoms with Gasteiger partial charge in [0.15, 0.2) is 0 Å². The molecule has 8 nitrogen and oxygen atoms in total. The second-order valence-corrected chi connectivity index (χ2v) is 9.24. The minimum atomic E-state index is 0.294. The highest BCUT2D eigenvalue weighted by Gasteiger charge is 2.31. The molecule has 0 unspecified atom stereocenters. The number of amides is 1. The van der Waals surface area contributed by atoms with E-state index >= 15 is 0 Å². The van der Waals surface area contributed by atoms with Gasteiger partial charge in [0.05, 0.1) is 30.4 Å². The summed E-state index contributed by atoms with van der Waals surface area (Å²) in [6.07, 6.45) is 6.71. The third kappa shape index (κ3) is 4.54. The van der Waals surface area contributed by atoms with Gasteiger partial charge in [0.1, 0.15) is 12.1 Å². The van der Waals surface area contributed by atoms with E-state index in [1.165, 1.54) is 0 Å². The molecule has 1 aliphatic carbocycles. The van der Waals surface area contributed by atoms with Gasteiger partial charge in [0, 0.05) is 56.0 Å². The third-order valence-electron chi connectivity index (χ3n) is 7.16. The number of fused-ring (bicyclic) bond motifs is 1. The Labute approximate surface area is 188 Å². The standard InChI is InChI=1S/C24H30N6O2/c25-13-17-1-6-22-21(11-17)24(27-16-26-22)28-19-2-4-20(5-3-19)29-7-9-30(10-8-29)23(31)12-18-14-32-15-18/h1,6,11,16,18-20H,2-5,7-10,12,14-15H2,(H,26,27,28)/t19-,20-. The molecule has 1 aromatic heterocycles. The van der Waals surface area contributed by atoms with E-state index in [1.807, 2.05) is 17.0 Å². The molecule has 168 valence electrons. The molecule has 0 atom stereocenters. The van der Waals surface area contributed by atoms with Crippen LogP contribution in [0.1, 0.15) is 37.7 Å². The Morgan fingerprint density at radius 2 is 1.91 bits per heavy atom. The number of nitrogens with one attached hydrogen (secondary N) is 1. The summed E-state index contributed by atoms with van der Waals surface area (Å²) in [7, 11) is 0. The molecule has 2 aliphatic heterocycles. The molecular weight excluding hydrogens is 404 g/mol. The van der Waals surface area contributed by atoms with Crippen LogP contribution in [0.2, 0.25) is 0 Å². The summed E-state index contributed by atoms with van der Waals surface area (Å²) in [5, 5.41) is 13.7. The van der Waals surface area contributed by atoms with Crippen molar-refractivity contribution in [1.82, 2.24) is 19.8 Å². The first-order valence-corrected chi connectivity index (χ1v) is 11.7.